The molecule has 1 saturated heterocycles. The van der Waals surface area contributed by atoms with Gasteiger partial charge in [0.15, 0.2) is 0 Å². The quantitative estimate of drug-likeness (QED) is 0.832. The van der Waals surface area contributed by atoms with Crippen LogP contribution in [-0.2, 0) is 16.6 Å². The van der Waals surface area contributed by atoms with Crippen molar-refractivity contribution in [2.24, 2.45) is 0 Å². The molecule has 0 atom stereocenters. The third-order valence-electron chi connectivity index (χ3n) is 2.60. The predicted octanol–water partition coefficient (Wildman–Crippen LogP) is 1.80. The average Bonchev–Trinajstić information content (AvgIpc) is 2.75. The van der Waals surface area contributed by atoms with Gasteiger partial charge < -0.3 is 0 Å². The Bertz CT molecular complexity index is 465. The number of hydrogen-bond donors (Lipinski definition) is 0. The Balaban J connectivity index is 2.09. The summed E-state index contributed by atoms with van der Waals surface area (Å²) in [7, 11) is -3.00. The van der Waals surface area contributed by atoms with E-state index in [0.717, 1.165) is 17.1 Å². The Labute approximate surface area is 100 Å². The van der Waals surface area contributed by atoms with Crippen LogP contribution in [0, 0.1) is 0 Å². The standard InChI is InChI=1S/C10H16N2O2S2/c1-8(2)10-11-9(7-15-10)6-12-4-3-5-16(12,13)14/h7-8H,3-6H2,1-2H3. The molecule has 6 heteroatoms. The van der Waals surface area contributed by atoms with Crippen molar-refractivity contribution < 1.29 is 8.42 Å². The highest BCUT2D eigenvalue weighted by atomic mass is 32.2. The Hall–Kier alpha value is -0.460. The number of nitrogens with zero attached hydrogens (tertiary/aromatic N) is 2. The van der Waals surface area contributed by atoms with Gasteiger partial charge in [0.25, 0.3) is 0 Å². The maximum Gasteiger partial charge on any atom is 0.214 e. The largest absolute Gasteiger partial charge is 0.245 e. The molecule has 4 nitrogen and oxygen atoms in total. The van der Waals surface area contributed by atoms with E-state index in [1.54, 1.807) is 11.3 Å². The molecule has 0 spiro atoms. The molecule has 0 bridgehead atoms. The molecule has 0 unspecified atom stereocenters. The number of hydrogen-bond acceptors (Lipinski definition) is 4. The first-order valence-electron chi connectivity index (χ1n) is 5.41. The summed E-state index contributed by atoms with van der Waals surface area (Å²) in [6, 6.07) is 0. The Morgan fingerprint density at radius 2 is 2.31 bits per heavy atom. The van der Waals surface area contributed by atoms with Gasteiger partial charge in [-0.2, -0.15) is 4.31 Å². The lowest BCUT2D eigenvalue weighted by atomic mass is 10.2. The summed E-state index contributed by atoms with van der Waals surface area (Å²) in [5, 5.41) is 3.04. The molecule has 1 aromatic heterocycles. The zero-order valence-electron chi connectivity index (χ0n) is 9.51. The lowest BCUT2D eigenvalue weighted by Gasteiger charge is -2.11. The summed E-state index contributed by atoms with van der Waals surface area (Å²) in [5.41, 5.74) is 0.874. The van der Waals surface area contributed by atoms with Crippen molar-refractivity contribution in [3.63, 3.8) is 0 Å². The molecular formula is C10H16N2O2S2. The van der Waals surface area contributed by atoms with Crippen LogP contribution in [0.2, 0.25) is 0 Å². The van der Waals surface area contributed by atoms with Crippen LogP contribution in [0.15, 0.2) is 5.38 Å². The summed E-state index contributed by atoms with van der Waals surface area (Å²) < 4.78 is 24.8. The van der Waals surface area contributed by atoms with E-state index in [4.69, 9.17) is 0 Å². The smallest absolute Gasteiger partial charge is 0.214 e. The maximum atomic E-state index is 11.6. The zero-order chi connectivity index (χ0) is 11.8. The molecule has 1 aromatic rings. The van der Waals surface area contributed by atoms with Gasteiger partial charge in [-0.1, -0.05) is 13.8 Å². The van der Waals surface area contributed by atoms with Crippen LogP contribution in [0.4, 0.5) is 0 Å². The van der Waals surface area contributed by atoms with Crippen LogP contribution >= 0.6 is 11.3 Å². The fourth-order valence-corrected chi connectivity index (χ4v) is 4.02. The third kappa shape index (κ3) is 2.44. The molecular weight excluding hydrogens is 244 g/mol. The summed E-state index contributed by atoms with van der Waals surface area (Å²) in [5.74, 6) is 0.697. The molecule has 0 N–H and O–H groups in total. The van der Waals surface area contributed by atoms with E-state index in [9.17, 15) is 8.42 Å². The fraction of sp³-hybridized carbons (Fsp3) is 0.700. The Morgan fingerprint density at radius 3 is 2.81 bits per heavy atom. The molecule has 0 saturated carbocycles. The first-order valence-corrected chi connectivity index (χ1v) is 7.90. The Kier molecular flexibility index (Phi) is 3.32. The average molecular weight is 260 g/mol. The minimum absolute atomic E-state index is 0.286. The summed E-state index contributed by atoms with van der Waals surface area (Å²) >= 11 is 1.61. The highest BCUT2D eigenvalue weighted by Crippen LogP contribution is 2.22. The van der Waals surface area contributed by atoms with Gasteiger partial charge in [-0.3, -0.25) is 0 Å². The fourth-order valence-electron chi connectivity index (χ4n) is 1.71. The van der Waals surface area contributed by atoms with Gasteiger partial charge in [0, 0.05) is 17.8 Å². The molecule has 16 heavy (non-hydrogen) atoms. The van der Waals surface area contributed by atoms with E-state index in [2.05, 4.69) is 18.8 Å². The maximum absolute atomic E-state index is 11.6. The van der Waals surface area contributed by atoms with Crippen LogP contribution in [0.25, 0.3) is 0 Å². The summed E-state index contributed by atoms with van der Waals surface area (Å²) in [6.45, 7) is 5.26. The van der Waals surface area contributed by atoms with Crippen LogP contribution in [0.5, 0.6) is 0 Å². The van der Waals surface area contributed by atoms with Gasteiger partial charge in [0.2, 0.25) is 10.0 Å². The molecule has 2 heterocycles. The first-order chi connectivity index (χ1) is 7.49. The molecule has 90 valence electrons. The molecule has 0 aromatic carbocycles. The van der Waals surface area contributed by atoms with Crippen LogP contribution in [-0.4, -0.2) is 30.0 Å². The number of aromatic nitrogens is 1. The normalized spacial score (nSPS) is 20.7. The molecule has 1 aliphatic heterocycles. The lowest BCUT2D eigenvalue weighted by Crippen LogP contribution is -2.25. The van der Waals surface area contributed by atoms with Gasteiger partial charge in [0.1, 0.15) is 0 Å². The Morgan fingerprint density at radius 1 is 1.56 bits per heavy atom. The van der Waals surface area contributed by atoms with Crippen molar-refractivity contribution in [1.29, 1.82) is 0 Å². The van der Waals surface area contributed by atoms with E-state index >= 15 is 0 Å². The van der Waals surface area contributed by atoms with Crippen molar-refractivity contribution in [3.05, 3.63) is 16.1 Å². The van der Waals surface area contributed by atoms with Crippen LogP contribution in [0.3, 0.4) is 0 Å². The van der Waals surface area contributed by atoms with Crippen LogP contribution in [0.1, 0.15) is 36.9 Å². The topological polar surface area (TPSA) is 50.3 Å². The van der Waals surface area contributed by atoms with Crippen molar-refractivity contribution in [2.45, 2.75) is 32.7 Å². The van der Waals surface area contributed by atoms with Gasteiger partial charge in [0.05, 0.1) is 23.0 Å². The predicted molar refractivity (Wildman–Crippen MR) is 65.0 cm³/mol. The SMILES string of the molecule is CC(C)c1nc(CN2CCCS2(=O)=O)cs1. The van der Waals surface area contributed by atoms with Gasteiger partial charge in [-0.05, 0) is 6.42 Å². The van der Waals surface area contributed by atoms with Crippen molar-refractivity contribution >= 4 is 21.4 Å². The second-order valence-corrected chi connectivity index (χ2v) is 7.31. The second kappa shape index (κ2) is 4.43. The van der Waals surface area contributed by atoms with E-state index < -0.39 is 10.0 Å². The molecule has 0 amide bonds. The second-order valence-electron chi connectivity index (χ2n) is 4.33. The van der Waals surface area contributed by atoms with Crippen LogP contribution < -0.4 is 0 Å². The van der Waals surface area contributed by atoms with Crippen molar-refractivity contribution in [3.8, 4) is 0 Å². The van der Waals surface area contributed by atoms with E-state index in [1.807, 2.05) is 5.38 Å². The molecule has 1 aliphatic rings. The number of rotatable bonds is 3. The van der Waals surface area contributed by atoms with Gasteiger partial charge in [-0.25, -0.2) is 13.4 Å². The van der Waals surface area contributed by atoms with Crippen molar-refractivity contribution in [1.82, 2.24) is 9.29 Å². The molecule has 0 aliphatic carbocycles. The summed E-state index contributed by atoms with van der Waals surface area (Å²) in [4.78, 5) is 4.45. The van der Waals surface area contributed by atoms with Crippen molar-refractivity contribution in [2.75, 3.05) is 12.3 Å². The highest BCUT2D eigenvalue weighted by Gasteiger charge is 2.28. The van der Waals surface area contributed by atoms with Gasteiger partial charge >= 0.3 is 0 Å². The minimum Gasteiger partial charge on any atom is -0.245 e. The first kappa shape index (κ1) is 12.0. The van der Waals surface area contributed by atoms with E-state index in [1.165, 1.54) is 4.31 Å². The molecule has 0 radical (unpaired) electrons. The lowest BCUT2D eigenvalue weighted by molar-refractivity contribution is 0.435. The minimum atomic E-state index is -3.00. The zero-order valence-corrected chi connectivity index (χ0v) is 11.1. The highest BCUT2D eigenvalue weighted by molar-refractivity contribution is 7.89. The van der Waals surface area contributed by atoms with E-state index in [-0.39, 0.29) is 5.75 Å². The number of sulfonamides is 1. The molecule has 2 rings (SSSR count). The third-order valence-corrected chi connectivity index (χ3v) is 5.70. The summed E-state index contributed by atoms with van der Waals surface area (Å²) in [6.07, 6.45) is 0.740. The monoisotopic (exact) mass is 260 g/mol. The van der Waals surface area contributed by atoms with Gasteiger partial charge in [-0.15, -0.1) is 11.3 Å². The number of thiazole rings is 1. The molecule has 1 fully saturated rings. The van der Waals surface area contributed by atoms with E-state index in [0.29, 0.717) is 19.0 Å².